The molecule has 0 rings (SSSR count). The zero-order chi connectivity index (χ0) is 13.6. The van der Waals surface area contributed by atoms with Gasteiger partial charge in [-0.1, -0.05) is 49.3 Å². The minimum absolute atomic E-state index is 0. The Labute approximate surface area is 169 Å². The van der Waals surface area contributed by atoms with Gasteiger partial charge in [0.05, 0.1) is 36.7 Å². The van der Waals surface area contributed by atoms with Crippen molar-refractivity contribution in [2.75, 3.05) is 24.6 Å². The van der Waals surface area contributed by atoms with Crippen molar-refractivity contribution in [2.24, 2.45) is 0 Å². The molecule has 6 heteroatoms. The second-order valence-corrected chi connectivity index (χ2v) is 7.55. The summed E-state index contributed by atoms with van der Waals surface area (Å²) >= 11 is 0. The lowest BCUT2D eigenvalue weighted by atomic mass is 10.2. The summed E-state index contributed by atoms with van der Waals surface area (Å²) in [7, 11) is 4.10. The second kappa shape index (κ2) is 21.1. The van der Waals surface area contributed by atoms with Crippen LogP contribution < -0.4 is 58.6 Å². The molecule has 0 unspecified atom stereocenters. The van der Waals surface area contributed by atoms with Crippen molar-refractivity contribution in [1.29, 1.82) is 0 Å². The van der Waals surface area contributed by atoms with Crippen LogP contribution in [0.5, 0.6) is 0 Å². The van der Waals surface area contributed by atoms with Crippen LogP contribution >= 0.6 is 21.6 Å². The first-order chi connectivity index (χ1) is 8.78. The minimum Gasteiger partial charge on any atom is -1.00 e. The Morgan fingerprint density at radius 3 is 1.20 bits per heavy atom. The van der Waals surface area contributed by atoms with E-state index in [9.17, 15) is 0 Å². The number of hydrogen-bond donors (Lipinski definition) is 2. The molecule has 0 fully saturated rings. The van der Waals surface area contributed by atoms with E-state index in [0.717, 1.165) is 12.1 Å². The molecular formula is C14H34I2N2S2. The Bertz CT molecular complexity index is 151. The zero-order valence-corrected chi connectivity index (χ0v) is 19.5. The van der Waals surface area contributed by atoms with Crippen molar-refractivity contribution in [2.45, 2.75) is 65.5 Å². The largest absolute Gasteiger partial charge is 1.00 e. The number of quaternary nitrogens is 2. The van der Waals surface area contributed by atoms with Gasteiger partial charge in [0.15, 0.2) is 0 Å². The van der Waals surface area contributed by atoms with Crippen LogP contribution in [0.15, 0.2) is 0 Å². The highest BCUT2D eigenvalue weighted by Gasteiger charge is 2.06. The zero-order valence-electron chi connectivity index (χ0n) is 13.5. The summed E-state index contributed by atoms with van der Waals surface area (Å²) in [5.74, 6) is 2.57. The van der Waals surface area contributed by atoms with E-state index >= 15 is 0 Å². The smallest absolute Gasteiger partial charge is 0.0857 e. The summed E-state index contributed by atoms with van der Waals surface area (Å²) in [6.07, 6.45) is 5.22. The maximum Gasteiger partial charge on any atom is 0.0857 e. The van der Waals surface area contributed by atoms with Gasteiger partial charge in [-0.25, -0.2) is 0 Å². The van der Waals surface area contributed by atoms with Gasteiger partial charge in [0.2, 0.25) is 0 Å². The summed E-state index contributed by atoms with van der Waals surface area (Å²) in [5.41, 5.74) is 0. The van der Waals surface area contributed by atoms with E-state index in [-0.39, 0.29) is 48.0 Å². The van der Waals surface area contributed by atoms with Gasteiger partial charge in [0.25, 0.3) is 0 Å². The van der Waals surface area contributed by atoms with Crippen molar-refractivity contribution in [3.05, 3.63) is 0 Å². The molecule has 0 aliphatic heterocycles. The van der Waals surface area contributed by atoms with Crippen LogP contribution in [0.2, 0.25) is 0 Å². The minimum atomic E-state index is 0. The van der Waals surface area contributed by atoms with E-state index in [1.54, 1.807) is 0 Å². The van der Waals surface area contributed by atoms with Gasteiger partial charge in [-0.3, -0.25) is 0 Å². The molecule has 0 aromatic rings. The molecule has 20 heavy (non-hydrogen) atoms. The topological polar surface area (TPSA) is 33.2 Å². The fourth-order valence-electron chi connectivity index (χ4n) is 2.07. The van der Waals surface area contributed by atoms with Crippen LogP contribution in [0, 0.1) is 0 Å². The lowest BCUT2D eigenvalue weighted by Gasteiger charge is -2.11. The van der Waals surface area contributed by atoms with Gasteiger partial charge < -0.3 is 58.6 Å². The van der Waals surface area contributed by atoms with E-state index < -0.39 is 0 Å². The monoisotopic (exact) mass is 548 g/mol. The van der Waals surface area contributed by atoms with Crippen LogP contribution in [0.3, 0.4) is 0 Å². The first-order valence-electron chi connectivity index (χ1n) is 7.69. The fourth-order valence-corrected chi connectivity index (χ4v) is 4.05. The van der Waals surface area contributed by atoms with E-state index in [0.29, 0.717) is 0 Å². The van der Waals surface area contributed by atoms with Crippen molar-refractivity contribution in [1.82, 2.24) is 0 Å². The molecule has 2 nitrogen and oxygen atoms in total. The highest BCUT2D eigenvalue weighted by molar-refractivity contribution is 8.76. The molecule has 0 radical (unpaired) electrons. The summed E-state index contributed by atoms with van der Waals surface area (Å²) in [6.45, 7) is 11.7. The molecule has 0 aliphatic rings. The highest BCUT2D eigenvalue weighted by atomic mass is 127. The standard InChI is InChI=1S/C14H32N2S2.2HI/c1-5-13(6-2)15-9-11-17-18-12-10-16-14(7-3)8-4;;/h13-16H,5-12H2,1-4H3;2*1H. The van der Waals surface area contributed by atoms with E-state index in [2.05, 4.69) is 38.3 Å². The van der Waals surface area contributed by atoms with Gasteiger partial charge in [-0.05, 0) is 25.7 Å². The number of halogens is 2. The maximum absolute atomic E-state index is 2.52. The molecule has 0 saturated heterocycles. The Morgan fingerprint density at radius 2 is 0.950 bits per heavy atom. The van der Waals surface area contributed by atoms with Gasteiger partial charge >= 0.3 is 0 Å². The fraction of sp³-hybridized carbons (Fsp3) is 1.00. The third kappa shape index (κ3) is 16.5. The molecule has 4 N–H and O–H groups in total. The van der Waals surface area contributed by atoms with Crippen molar-refractivity contribution in [3.8, 4) is 0 Å². The SMILES string of the molecule is CCC(CC)[NH2+]CCSSCC[NH2+]C(CC)CC.[I-].[I-]. The van der Waals surface area contributed by atoms with Crippen LogP contribution in [-0.4, -0.2) is 36.7 Å². The lowest BCUT2D eigenvalue weighted by molar-refractivity contribution is -0.686. The van der Waals surface area contributed by atoms with E-state index in [4.69, 9.17) is 0 Å². The summed E-state index contributed by atoms with van der Waals surface area (Å²) in [4.78, 5) is 0. The molecule has 0 aromatic heterocycles. The van der Waals surface area contributed by atoms with E-state index in [1.165, 1.54) is 50.3 Å². The second-order valence-electron chi connectivity index (χ2n) is 4.85. The molecule has 0 spiro atoms. The number of hydrogen-bond acceptors (Lipinski definition) is 2. The molecule has 0 saturated carbocycles. The first-order valence-corrected chi connectivity index (χ1v) is 10.2. The highest BCUT2D eigenvalue weighted by Crippen LogP contribution is 2.18. The van der Waals surface area contributed by atoms with Gasteiger partial charge in [0, 0.05) is 0 Å². The third-order valence-electron chi connectivity index (χ3n) is 3.58. The summed E-state index contributed by atoms with van der Waals surface area (Å²) in [6, 6.07) is 1.69. The molecule has 126 valence electrons. The Morgan fingerprint density at radius 1 is 0.650 bits per heavy atom. The van der Waals surface area contributed by atoms with Crippen LogP contribution in [-0.2, 0) is 0 Å². The van der Waals surface area contributed by atoms with Crippen molar-refractivity contribution >= 4 is 21.6 Å². The van der Waals surface area contributed by atoms with Crippen LogP contribution in [0.4, 0.5) is 0 Å². The van der Waals surface area contributed by atoms with Crippen molar-refractivity contribution < 1.29 is 58.6 Å². The average Bonchev–Trinajstić information content (AvgIpc) is 2.41. The number of rotatable bonds is 13. The maximum atomic E-state index is 2.52. The summed E-state index contributed by atoms with van der Waals surface area (Å²) in [5, 5.41) is 5.04. The Kier molecular flexibility index (Phi) is 28.4. The van der Waals surface area contributed by atoms with Gasteiger partial charge in [-0.15, -0.1) is 0 Å². The summed E-state index contributed by atoms with van der Waals surface area (Å²) < 4.78 is 0. The van der Waals surface area contributed by atoms with Crippen LogP contribution in [0.25, 0.3) is 0 Å². The lowest BCUT2D eigenvalue weighted by Crippen LogP contribution is -3.00. The number of nitrogens with two attached hydrogens (primary N) is 2. The molecule has 0 aliphatic carbocycles. The predicted octanol–water partition coefficient (Wildman–Crippen LogP) is -4.12. The molecule has 0 atom stereocenters. The predicted molar refractivity (Wildman–Crippen MR) is 87.2 cm³/mol. The molecule has 0 amide bonds. The molecule has 0 bridgehead atoms. The van der Waals surface area contributed by atoms with Gasteiger partial charge in [-0.2, -0.15) is 0 Å². The van der Waals surface area contributed by atoms with Gasteiger partial charge in [0.1, 0.15) is 0 Å². The van der Waals surface area contributed by atoms with Crippen molar-refractivity contribution in [3.63, 3.8) is 0 Å². The van der Waals surface area contributed by atoms with Crippen LogP contribution in [0.1, 0.15) is 53.4 Å². The first kappa shape index (κ1) is 27.0. The van der Waals surface area contributed by atoms with E-state index in [1.807, 2.05) is 21.6 Å². The normalized spacial score (nSPS) is 10.5. The Balaban J connectivity index is -0.00000144. The molecule has 0 heterocycles. The average molecular weight is 548 g/mol. The Hall–Kier alpha value is 2.08. The molecule has 0 aromatic carbocycles. The quantitative estimate of drug-likeness (QED) is 0.140. The molecular weight excluding hydrogens is 514 g/mol. The third-order valence-corrected chi connectivity index (χ3v) is 6.05.